The molecular weight excluding hydrogens is 504 g/mol. The lowest BCUT2D eigenvalue weighted by Crippen LogP contribution is -2.16. The fourth-order valence-corrected chi connectivity index (χ4v) is 4.53. The molecule has 2 N–H and O–H groups in total. The van der Waals surface area contributed by atoms with Crippen LogP contribution in [0.25, 0.3) is 0 Å². The molecule has 0 heterocycles. The molecule has 0 unspecified atom stereocenters. The van der Waals surface area contributed by atoms with Crippen LogP contribution in [0, 0.1) is 0 Å². The highest BCUT2D eigenvalue weighted by Crippen LogP contribution is 2.27. The highest BCUT2D eigenvalue weighted by atomic mass is 79.9. The summed E-state index contributed by atoms with van der Waals surface area (Å²) in [6.45, 7) is 0.398. The number of benzene rings is 3. The summed E-state index contributed by atoms with van der Waals surface area (Å²) in [5.74, 6) is 0.497. The number of hydrogen-bond acceptors (Lipinski definition) is 4. The summed E-state index contributed by atoms with van der Waals surface area (Å²) in [5, 5.41) is 2.75. The van der Waals surface area contributed by atoms with Gasteiger partial charge < -0.3 is 10.1 Å². The third-order valence-corrected chi connectivity index (χ3v) is 6.55. The first kappa shape index (κ1) is 23.1. The van der Waals surface area contributed by atoms with Crippen molar-refractivity contribution in [1.29, 1.82) is 0 Å². The molecule has 0 aliphatic rings. The molecule has 162 valence electrons. The molecule has 9 heteroatoms. The summed E-state index contributed by atoms with van der Waals surface area (Å²) in [4.78, 5) is 12.1. The van der Waals surface area contributed by atoms with E-state index < -0.39 is 10.0 Å². The van der Waals surface area contributed by atoms with Crippen LogP contribution in [0.1, 0.15) is 12.8 Å². The molecule has 0 atom stereocenters. The molecule has 0 radical (unpaired) electrons. The minimum absolute atomic E-state index is 0.0545. The van der Waals surface area contributed by atoms with E-state index in [9.17, 15) is 13.2 Å². The van der Waals surface area contributed by atoms with Crippen molar-refractivity contribution in [2.75, 3.05) is 16.6 Å². The number of carbonyl (C=O) groups is 1. The summed E-state index contributed by atoms with van der Waals surface area (Å²) < 4.78 is 34.4. The van der Waals surface area contributed by atoms with Crippen LogP contribution in [-0.4, -0.2) is 20.9 Å². The van der Waals surface area contributed by atoms with Crippen molar-refractivity contribution < 1.29 is 17.9 Å². The maximum atomic E-state index is 12.8. The SMILES string of the molecule is O=C(CCCOc1ccccc1)Nc1ccc(Cl)c(S(=O)(=O)Nc2ccc(Br)cc2)c1. The molecule has 0 fully saturated rings. The molecule has 3 aromatic carbocycles. The quantitative estimate of drug-likeness (QED) is 0.352. The van der Waals surface area contributed by atoms with E-state index in [2.05, 4.69) is 26.0 Å². The number of para-hydroxylation sites is 1. The molecule has 0 aliphatic heterocycles. The number of hydrogen-bond donors (Lipinski definition) is 2. The first-order chi connectivity index (χ1) is 14.8. The highest BCUT2D eigenvalue weighted by molar-refractivity contribution is 9.10. The summed E-state index contributed by atoms with van der Waals surface area (Å²) in [5.41, 5.74) is 0.738. The average molecular weight is 524 g/mol. The summed E-state index contributed by atoms with van der Waals surface area (Å²) in [7, 11) is -3.94. The standard InChI is InChI=1S/C22H20BrClN2O4S/c23-16-8-10-17(11-9-16)26-31(28,29)21-15-18(12-13-20(21)24)25-22(27)7-4-14-30-19-5-2-1-3-6-19/h1-3,5-6,8-13,15,26H,4,7,14H2,(H,25,27). The summed E-state index contributed by atoms with van der Waals surface area (Å²) in [6, 6.07) is 20.4. The maximum absolute atomic E-state index is 12.8. The zero-order chi connectivity index (χ0) is 22.3. The Morgan fingerprint density at radius 2 is 1.65 bits per heavy atom. The van der Waals surface area contributed by atoms with Gasteiger partial charge in [0.05, 0.1) is 11.6 Å². The molecule has 3 rings (SSSR count). The number of rotatable bonds is 9. The molecule has 6 nitrogen and oxygen atoms in total. The smallest absolute Gasteiger partial charge is 0.263 e. The Labute approximate surface area is 194 Å². The van der Waals surface area contributed by atoms with E-state index >= 15 is 0 Å². The molecule has 3 aromatic rings. The van der Waals surface area contributed by atoms with Crippen LogP contribution in [0.5, 0.6) is 5.75 Å². The van der Waals surface area contributed by atoms with Gasteiger partial charge in [0.2, 0.25) is 5.91 Å². The zero-order valence-corrected chi connectivity index (χ0v) is 19.5. The van der Waals surface area contributed by atoms with Crippen LogP contribution in [0.3, 0.4) is 0 Å². The van der Waals surface area contributed by atoms with Gasteiger partial charge in [0.1, 0.15) is 10.6 Å². The molecule has 31 heavy (non-hydrogen) atoms. The van der Waals surface area contributed by atoms with Crippen molar-refractivity contribution in [2.45, 2.75) is 17.7 Å². The van der Waals surface area contributed by atoms with Gasteiger partial charge in [-0.3, -0.25) is 9.52 Å². The van der Waals surface area contributed by atoms with Crippen LogP contribution in [0.4, 0.5) is 11.4 Å². The molecular formula is C22H20BrClN2O4S. The van der Waals surface area contributed by atoms with Gasteiger partial charge >= 0.3 is 0 Å². The lowest BCUT2D eigenvalue weighted by Gasteiger charge is -2.12. The van der Waals surface area contributed by atoms with Crippen molar-refractivity contribution in [2.24, 2.45) is 0 Å². The van der Waals surface area contributed by atoms with Crippen molar-refractivity contribution in [3.63, 3.8) is 0 Å². The Morgan fingerprint density at radius 1 is 0.968 bits per heavy atom. The van der Waals surface area contributed by atoms with Gasteiger partial charge in [0.25, 0.3) is 10.0 Å². The highest BCUT2D eigenvalue weighted by Gasteiger charge is 2.19. The van der Waals surface area contributed by atoms with Crippen LogP contribution in [0.15, 0.2) is 82.2 Å². The van der Waals surface area contributed by atoms with Gasteiger partial charge in [0.15, 0.2) is 0 Å². The van der Waals surface area contributed by atoms with Gasteiger partial charge in [-0.1, -0.05) is 45.7 Å². The van der Waals surface area contributed by atoms with E-state index in [4.69, 9.17) is 16.3 Å². The van der Waals surface area contributed by atoms with Crippen molar-refractivity contribution in [3.8, 4) is 5.75 Å². The summed E-state index contributed by atoms with van der Waals surface area (Å²) in [6.07, 6.45) is 0.749. The van der Waals surface area contributed by atoms with E-state index in [-0.39, 0.29) is 22.2 Å². The molecule has 0 saturated heterocycles. The number of carbonyl (C=O) groups excluding carboxylic acids is 1. The Morgan fingerprint density at radius 3 is 2.35 bits per heavy atom. The second-order valence-electron chi connectivity index (χ2n) is 6.57. The van der Waals surface area contributed by atoms with Crippen LogP contribution < -0.4 is 14.8 Å². The largest absolute Gasteiger partial charge is 0.494 e. The predicted molar refractivity (Wildman–Crippen MR) is 126 cm³/mol. The number of nitrogens with one attached hydrogen (secondary N) is 2. The van der Waals surface area contributed by atoms with E-state index in [1.54, 1.807) is 30.3 Å². The fourth-order valence-electron chi connectivity index (χ4n) is 2.68. The number of anilines is 2. The van der Waals surface area contributed by atoms with Crippen LogP contribution in [-0.2, 0) is 14.8 Å². The van der Waals surface area contributed by atoms with Crippen molar-refractivity contribution in [3.05, 3.63) is 82.3 Å². The van der Waals surface area contributed by atoms with E-state index in [1.807, 2.05) is 30.3 Å². The summed E-state index contributed by atoms with van der Waals surface area (Å²) >= 11 is 9.42. The minimum atomic E-state index is -3.94. The Balaban J connectivity index is 1.59. The molecule has 0 spiro atoms. The molecule has 0 aliphatic carbocycles. The third kappa shape index (κ3) is 6.99. The lowest BCUT2D eigenvalue weighted by atomic mass is 10.2. The first-order valence-corrected chi connectivity index (χ1v) is 12.0. The van der Waals surface area contributed by atoms with Crippen LogP contribution >= 0.6 is 27.5 Å². The average Bonchev–Trinajstić information content (AvgIpc) is 2.75. The van der Waals surface area contributed by atoms with Crippen molar-refractivity contribution in [1.82, 2.24) is 0 Å². The van der Waals surface area contributed by atoms with E-state index in [1.165, 1.54) is 12.1 Å². The monoisotopic (exact) mass is 522 g/mol. The second-order valence-corrected chi connectivity index (χ2v) is 9.54. The number of halogens is 2. The Kier molecular flexibility index (Phi) is 7.95. The lowest BCUT2D eigenvalue weighted by molar-refractivity contribution is -0.116. The van der Waals surface area contributed by atoms with Gasteiger partial charge in [-0.05, 0) is 61.0 Å². The maximum Gasteiger partial charge on any atom is 0.263 e. The number of amides is 1. The fraction of sp³-hybridized carbons (Fsp3) is 0.136. The Bertz CT molecular complexity index is 1140. The molecule has 0 aromatic heterocycles. The van der Waals surface area contributed by atoms with Gasteiger partial charge in [-0.25, -0.2) is 8.42 Å². The number of ether oxygens (including phenoxy) is 1. The normalized spacial score (nSPS) is 11.0. The zero-order valence-electron chi connectivity index (χ0n) is 16.3. The van der Waals surface area contributed by atoms with E-state index in [0.717, 1.165) is 10.2 Å². The molecule has 1 amide bonds. The van der Waals surface area contributed by atoms with Crippen molar-refractivity contribution >= 4 is 54.8 Å². The van der Waals surface area contributed by atoms with Gasteiger partial charge in [-0.15, -0.1) is 0 Å². The minimum Gasteiger partial charge on any atom is -0.494 e. The molecule has 0 bridgehead atoms. The molecule has 0 saturated carbocycles. The van der Waals surface area contributed by atoms with Gasteiger partial charge in [0, 0.05) is 22.3 Å². The Hall–Kier alpha value is -2.55. The topological polar surface area (TPSA) is 84.5 Å². The second kappa shape index (κ2) is 10.7. The van der Waals surface area contributed by atoms with Crippen LogP contribution in [0.2, 0.25) is 5.02 Å². The van der Waals surface area contributed by atoms with Gasteiger partial charge in [-0.2, -0.15) is 0 Å². The first-order valence-electron chi connectivity index (χ1n) is 9.39. The predicted octanol–water partition coefficient (Wildman–Crippen LogP) is 5.70. The van der Waals surface area contributed by atoms with E-state index in [0.29, 0.717) is 24.4 Å². The third-order valence-electron chi connectivity index (χ3n) is 4.16. The number of sulfonamides is 1.